The average Bonchev–Trinajstić information content (AvgIpc) is 3.31. The Morgan fingerprint density at radius 2 is 1.88 bits per heavy atom. The Kier molecular flexibility index (Phi) is 3.84. The van der Waals surface area contributed by atoms with Gasteiger partial charge in [-0.3, -0.25) is 14.3 Å². The summed E-state index contributed by atoms with van der Waals surface area (Å²) >= 11 is 0. The Labute approximate surface area is 149 Å². The Morgan fingerprint density at radius 3 is 2.46 bits per heavy atom. The van der Waals surface area contributed by atoms with E-state index in [-0.39, 0.29) is 11.1 Å². The zero-order valence-electron chi connectivity index (χ0n) is 14.3. The molecule has 0 bridgehead atoms. The van der Waals surface area contributed by atoms with Crippen molar-refractivity contribution in [1.29, 1.82) is 0 Å². The van der Waals surface area contributed by atoms with E-state index in [0.717, 1.165) is 11.3 Å². The van der Waals surface area contributed by atoms with Crippen LogP contribution in [0.5, 0.6) is 0 Å². The lowest BCUT2D eigenvalue weighted by atomic mass is 9.96. The van der Waals surface area contributed by atoms with Gasteiger partial charge in [-0.15, -0.1) is 0 Å². The molecule has 2 aliphatic heterocycles. The molecule has 8 heteroatoms. The van der Waals surface area contributed by atoms with Crippen LogP contribution >= 0.6 is 0 Å². The number of carbonyl (C=O) groups is 3. The number of aromatic nitrogens is 2. The average molecular weight is 355 g/mol. The predicted octanol–water partition coefficient (Wildman–Crippen LogP) is 1.56. The first-order valence-corrected chi connectivity index (χ1v) is 8.28. The van der Waals surface area contributed by atoms with E-state index >= 15 is 0 Å². The molecule has 0 radical (unpaired) electrons. The van der Waals surface area contributed by atoms with Gasteiger partial charge in [0.15, 0.2) is 0 Å². The third-order valence-electron chi connectivity index (χ3n) is 4.91. The molecule has 1 aromatic heterocycles. The molecule has 2 aliphatic rings. The van der Waals surface area contributed by atoms with Crippen molar-refractivity contribution in [1.82, 2.24) is 14.8 Å². The van der Waals surface area contributed by atoms with Crippen molar-refractivity contribution in [3.8, 4) is 0 Å². The molecular weight excluding hydrogens is 338 g/mol. The fourth-order valence-corrected chi connectivity index (χ4v) is 3.34. The number of hydrogen-bond donors (Lipinski definition) is 0. The quantitative estimate of drug-likeness (QED) is 0.776. The van der Waals surface area contributed by atoms with Gasteiger partial charge in [0.25, 0.3) is 11.8 Å². The highest BCUT2D eigenvalue weighted by molar-refractivity contribution is 6.20. The van der Waals surface area contributed by atoms with E-state index in [1.165, 1.54) is 12.1 Å². The fraction of sp³-hybridized carbons (Fsp3) is 0.333. The van der Waals surface area contributed by atoms with Crippen LogP contribution in [0.3, 0.4) is 0 Å². The van der Waals surface area contributed by atoms with Crippen molar-refractivity contribution < 1.29 is 24.0 Å². The molecule has 2 atom stereocenters. The van der Waals surface area contributed by atoms with Gasteiger partial charge in [-0.1, -0.05) is 17.2 Å². The molecule has 0 saturated carbocycles. The summed E-state index contributed by atoms with van der Waals surface area (Å²) in [5.41, 5.74) is 2.14. The van der Waals surface area contributed by atoms with E-state index in [1.807, 2.05) is 6.92 Å². The van der Waals surface area contributed by atoms with E-state index in [4.69, 9.17) is 9.57 Å². The Balaban J connectivity index is 1.54. The predicted molar refractivity (Wildman–Crippen MR) is 87.8 cm³/mol. The molecule has 2 amide bonds. The van der Waals surface area contributed by atoms with Gasteiger partial charge >= 0.3 is 5.97 Å². The number of ether oxygens (including phenoxy) is 1. The molecule has 4 rings (SSSR count). The minimum absolute atomic E-state index is 0.229. The van der Waals surface area contributed by atoms with Crippen molar-refractivity contribution in [2.45, 2.75) is 19.4 Å². The number of hydrogen-bond acceptors (Lipinski definition) is 6. The molecule has 0 N–H and O–H groups in total. The van der Waals surface area contributed by atoms with Gasteiger partial charge in [-0.25, -0.2) is 4.79 Å². The van der Waals surface area contributed by atoms with Crippen LogP contribution in [0, 0.1) is 12.8 Å². The number of nitrogens with zero attached hydrogens (tertiary/aromatic N) is 3. The van der Waals surface area contributed by atoms with Gasteiger partial charge in [0.2, 0.25) is 0 Å². The molecule has 0 unspecified atom stereocenters. The topological polar surface area (TPSA) is 90.7 Å². The number of imide groups is 1. The van der Waals surface area contributed by atoms with E-state index in [1.54, 1.807) is 30.1 Å². The van der Waals surface area contributed by atoms with Crippen molar-refractivity contribution in [3.05, 3.63) is 52.8 Å². The maximum absolute atomic E-state index is 12.7. The molecule has 1 fully saturated rings. The fourth-order valence-electron chi connectivity index (χ4n) is 3.34. The van der Waals surface area contributed by atoms with Crippen LogP contribution < -0.4 is 0 Å². The van der Waals surface area contributed by atoms with Crippen LogP contribution in [0.2, 0.25) is 0 Å². The molecule has 8 nitrogen and oxygen atoms in total. The Hall–Kier alpha value is -3.00. The molecule has 2 aromatic rings. The van der Waals surface area contributed by atoms with Crippen LogP contribution in [-0.2, 0) is 21.4 Å². The molecule has 1 aromatic carbocycles. The van der Waals surface area contributed by atoms with Crippen molar-refractivity contribution in [3.63, 3.8) is 0 Å². The minimum Gasteiger partial charge on any atom is -0.372 e. The molecule has 0 aliphatic carbocycles. The van der Waals surface area contributed by atoms with Crippen molar-refractivity contribution in [2.75, 3.05) is 6.61 Å². The van der Waals surface area contributed by atoms with Crippen LogP contribution in [0.25, 0.3) is 0 Å². The Bertz CT molecular complexity index is 884. The van der Waals surface area contributed by atoms with Gasteiger partial charge in [0, 0.05) is 24.9 Å². The summed E-state index contributed by atoms with van der Waals surface area (Å²) < 4.78 is 7.40. The van der Waals surface area contributed by atoms with Crippen LogP contribution in [0.15, 0.2) is 30.5 Å². The number of fused-ring (bicyclic) bond motifs is 1. The highest BCUT2D eigenvalue weighted by Crippen LogP contribution is 2.37. The number of rotatable bonds is 3. The smallest absolute Gasteiger partial charge is 0.339 e. The second kappa shape index (κ2) is 6.06. The molecule has 3 heterocycles. The molecule has 134 valence electrons. The van der Waals surface area contributed by atoms with Gasteiger partial charge in [0.05, 0.1) is 29.3 Å². The third kappa shape index (κ3) is 2.41. The second-order valence-electron chi connectivity index (χ2n) is 6.36. The number of hydroxylamine groups is 2. The zero-order valence-corrected chi connectivity index (χ0v) is 14.3. The van der Waals surface area contributed by atoms with Crippen LogP contribution in [0.4, 0.5) is 0 Å². The summed E-state index contributed by atoms with van der Waals surface area (Å²) in [7, 11) is 1.81. The van der Waals surface area contributed by atoms with Crippen LogP contribution in [-0.4, -0.2) is 39.2 Å². The maximum atomic E-state index is 12.7. The van der Waals surface area contributed by atoms with Gasteiger partial charge in [-0.05, 0) is 25.5 Å². The summed E-state index contributed by atoms with van der Waals surface area (Å²) in [5.74, 6) is -2.54. The summed E-state index contributed by atoms with van der Waals surface area (Å²) in [4.78, 5) is 42.6. The summed E-state index contributed by atoms with van der Waals surface area (Å²) in [6, 6.07) is 6.37. The first kappa shape index (κ1) is 16.5. The number of carbonyl (C=O) groups excluding carboxylic acids is 3. The lowest BCUT2D eigenvalue weighted by Crippen LogP contribution is -2.35. The van der Waals surface area contributed by atoms with Crippen molar-refractivity contribution in [2.24, 2.45) is 13.0 Å². The zero-order chi connectivity index (χ0) is 18.4. The normalized spacial score (nSPS) is 22.0. The summed E-state index contributed by atoms with van der Waals surface area (Å²) in [6.07, 6.45) is 1.60. The SMILES string of the molecule is Cc1c([C@@H]2OCC[C@H]2C(=O)ON2C(=O)c3ccccc3C2=O)cnn1C. The second-order valence-corrected chi connectivity index (χ2v) is 6.36. The van der Waals surface area contributed by atoms with E-state index < -0.39 is 29.8 Å². The maximum Gasteiger partial charge on any atom is 0.339 e. The van der Waals surface area contributed by atoms with Crippen molar-refractivity contribution >= 4 is 17.8 Å². The summed E-state index contributed by atoms with van der Waals surface area (Å²) in [6.45, 7) is 2.28. The molecule has 1 saturated heterocycles. The van der Waals surface area contributed by atoms with Gasteiger partial charge in [-0.2, -0.15) is 5.10 Å². The summed E-state index contributed by atoms with van der Waals surface area (Å²) in [5, 5.41) is 4.72. The highest BCUT2D eigenvalue weighted by atomic mass is 16.7. The lowest BCUT2D eigenvalue weighted by Gasteiger charge is -2.19. The number of benzene rings is 1. The number of aryl methyl sites for hydroxylation is 1. The molecular formula is C18H17N3O5. The van der Waals surface area contributed by atoms with Gasteiger partial charge < -0.3 is 9.57 Å². The van der Waals surface area contributed by atoms with Crippen LogP contribution in [0.1, 0.15) is 44.5 Å². The third-order valence-corrected chi connectivity index (χ3v) is 4.91. The van der Waals surface area contributed by atoms with E-state index in [2.05, 4.69) is 5.10 Å². The largest absolute Gasteiger partial charge is 0.372 e. The molecule has 26 heavy (non-hydrogen) atoms. The first-order chi connectivity index (χ1) is 12.5. The first-order valence-electron chi connectivity index (χ1n) is 8.28. The highest BCUT2D eigenvalue weighted by Gasteiger charge is 2.43. The van der Waals surface area contributed by atoms with Gasteiger partial charge in [0.1, 0.15) is 0 Å². The van der Waals surface area contributed by atoms with E-state index in [0.29, 0.717) is 18.1 Å². The monoisotopic (exact) mass is 355 g/mol. The number of amides is 2. The van der Waals surface area contributed by atoms with E-state index in [9.17, 15) is 14.4 Å². The molecule has 0 spiro atoms. The lowest BCUT2D eigenvalue weighted by molar-refractivity contribution is -0.175. The Morgan fingerprint density at radius 1 is 1.23 bits per heavy atom. The minimum atomic E-state index is -0.662. The standard InChI is InChI=1S/C18H17N3O5/c1-10-14(9-19-20(10)2)15-13(7-8-25-15)18(24)26-21-16(22)11-5-3-4-6-12(11)17(21)23/h3-6,9,13,15H,7-8H2,1-2H3/t13-,15-/m1/s1.